The van der Waals surface area contributed by atoms with Gasteiger partial charge in [-0.3, -0.25) is 4.99 Å². The molecule has 1 aromatic carbocycles. The van der Waals surface area contributed by atoms with Crippen LogP contribution in [0.15, 0.2) is 41.5 Å². The van der Waals surface area contributed by atoms with E-state index in [9.17, 15) is 0 Å². The predicted octanol–water partition coefficient (Wildman–Crippen LogP) is 3.30. The van der Waals surface area contributed by atoms with Crippen molar-refractivity contribution in [2.75, 3.05) is 32.1 Å². The van der Waals surface area contributed by atoms with Gasteiger partial charge in [0.05, 0.1) is 5.01 Å². The van der Waals surface area contributed by atoms with Crippen LogP contribution in [-0.4, -0.2) is 44.2 Å². The Morgan fingerprint density at radius 3 is 2.60 bits per heavy atom. The Labute approximate surface area is 172 Å². The van der Waals surface area contributed by atoms with Crippen molar-refractivity contribution < 1.29 is 0 Å². The van der Waals surface area contributed by atoms with Gasteiger partial charge in [-0.15, -0.1) is 35.3 Å². The van der Waals surface area contributed by atoms with E-state index >= 15 is 0 Å². The van der Waals surface area contributed by atoms with E-state index in [0.29, 0.717) is 6.04 Å². The zero-order chi connectivity index (χ0) is 17.4. The molecule has 0 aliphatic rings. The van der Waals surface area contributed by atoms with Crippen LogP contribution in [0.4, 0.5) is 5.69 Å². The van der Waals surface area contributed by atoms with Crippen LogP contribution in [0.3, 0.4) is 0 Å². The molecular weight excluding hydrogens is 445 g/mol. The Morgan fingerprint density at radius 1 is 1.28 bits per heavy atom. The lowest BCUT2D eigenvalue weighted by Gasteiger charge is -2.27. The number of halogens is 1. The van der Waals surface area contributed by atoms with E-state index in [-0.39, 0.29) is 24.0 Å². The number of thiazole rings is 1. The van der Waals surface area contributed by atoms with Crippen molar-refractivity contribution in [3.05, 3.63) is 46.4 Å². The summed E-state index contributed by atoms with van der Waals surface area (Å²) in [4.78, 5) is 12.2. The minimum atomic E-state index is 0. The van der Waals surface area contributed by atoms with Crippen LogP contribution < -0.4 is 15.5 Å². The molecule has 7 heteroatoms. The van der Waals surface area contributed by atoms with Gasteiger partial charge in [0.1, 0.15) is 0 Å². The summed E-state index contributed by atoms with van der Waals surface area (Å²) in [6.45, 7) is 5.93. The zero-order valence-electron chi connectivity index (χ0n) is 15.3. The number of benzene rings is 1. The number of likely N-dealkylation sites (N-methyl/N-ethyl adjacent to an activating group) is 1. The lowest BCUT2D eigenvalue weighted by molar-refractivity contribution is 0.648. The molecule has 0 saturated heterocycles. The summed E-state index contributed by atoms with van der Waals surface area (Å²) >= 11 is 1.75. The van der Waals surface area contributed by atoms with E-state index in [1.807, 2.05) is 12.3 Å². The summed E-state index contributed by atoms with van der Waals surface area (Å²) in [5.74, 6) is 0.830. The third-order valence-corrected chi connectivity index (χ3v) is 4.89. The molecule has 0 fully saturated rings. The van der Waals surface area contributed by atoms with E-state index in [0.717, 1.165) is 30.5 Å². The first-order valence-corrected chi connectivity index (χ1v) is 9.05. The Morgan fingerprint density at radius 2 is 2.00 bits per heavy atom. The molecule has 1 atom stereocenters. The Kier molecular flexibility index (Phi) is 9.81. The van der Waals surface area contributed by atoms with Crippen LogP contribution in [0.5, 0.6) is 0 Å². The number of nitrogens with one attached hydrogen (secondary N) is 2. The Bertz CT molecular complexity index is 644. The number of nitrogens with zero attached hydrogens (tertiary/aromatic N) is 3. The number of hydrogen-bond donors (Lipinski definition) is 2. The van der Waals surface area contributed by atoms with Gasteiger partial charge in [-0.1, -0.05) is 18.2 Å². The molecule has 2 aromatic rings. The summed E-state index contributed by atoms with van der Waals surface area (Å²) in [5, 5.41) is 7.90. The molecule has 0 aliphatic heterocycles. The number of aromatic nitrogens is 1. The number of aliphatic imine (C=N–C) groups is 1. The highest BCUT2D eigenvalue weighted by Crippen LogP contribution is 2.13. The van der Waals surface area contributed by atoms with E-state index < -0.39 is 0 Å². The minimum Gasteiger partial charge on any atom is -0.370 e. The van der Waals surface area contributed by atoms with Crippen LogP contribution in [0.1, 0.15) is 16.8 Å². The number of rotatable bonds is 7. The molecule has 5 nitrogen and oxygen atoms in total. The van der Waals surface area contributed by atoms with Gasteiger partial charge >= 0.3 is 0 Å². The second-order valence-electron chi connectivity index (χ2n) is 5.79. The van der Waals surface area contributed by atoms with Gasteiger partial charge in [0.2, 0.25) is 0 Å². The van der Waals surface area contributed by atoms with Crippen molar-refractivity contribution in [2.24, 2.45) is 4.99 Å². The number of anilines is 1. The van der Waals surface area contributed by atoms with Crippen LogP contribution in [0, 0.1) is 6.92 Å². The predicted molar refractivity (Wildman–Crippen MR) is 120 cm³/mol. The first kappa shape index (κ1) is 21.7. The van der Waals surface area contributed by atoms with E-state index in [4.69, 9.17) is 0 Å². The van der Waals surface area contributed by atoms with Crippen LogP contribution in [0.2, 0.25) is 0 Å². The monoisotopic (exact) mass is 473 g/mol. The summed E-state index contributed by atoms with van der Waals surface area (Å²) < 4.78 is 0. The Hall–Kier alpha value is -1.35. The lowest BCUT2D eigenvalue weighted by atomic mass is 10.2. The van der Waals surface area contributed by atoms with Gasteiger partial charge in [-0.2, -0.15) is 0 Å². The van der Waals surface area contributed by atoms with Crippen molar-refractivity contribution in [2.45, 2.75) is 26.3 Å². The molecule has 0 amide bonds. The summed E-state index contributed by atoms with van der Waals surface area (Å²) in [6, 6.07) is 10.8. The van der Waals surface area contributed by atoms with Crippen LogP contribution in [0.25, 0.3) is 0 Å². The Balaban J connectivity index is 0.00000312. The first-order valence-electron chi connectivity index (χ1n) is 8.24. The molecule has 0 saturated carbocycles. The topological polar surface area (TPSA) is 52.6 Å². The maximum absolute atomic E-state index is 4.38. The summed E-state index contributed by atoms with van der Waals surface area (Å²) in [6.07, 6.45) is 2.84. The van der Waals surface area contributed by atoms with Gasteiger partial charge in [-0.25, -0.2) is 4.98 Å². The second kappa shape index (κ2) is 11.3. The maximum Gasteiger partial charge on any atom is 0.191 e. The molecule has 2 rings (SSSR count). The summed E-state index contributed by atoms with van der Waals surface area (Å²) in [7, 11) is 3.91. The van der Waals surface area contributed by atoms with Gasteiger partial charge in [0, 0.05) is 56.4 Å². The first-order chi connectivity index (χ1) is 11.6. The van der Waals surface area contributed by atoms with Crippen molar-refractivity contribution in [1.29, 1.82) is 0 Å². The normalized spacial score (nSPS) is 12.2. The molecule has 25 heavy (non-hydrogen) atoms. The molecule has 2 N–H and O–H groups in total. The highest BCUT2D eigenvalue weighted by atomic mass is 127. The SMILES string of the molecule is CN=C(NCCc1ncc(C)s1)NCC(C)N(C)c1ccccc1.I. The van der Waals surface area contributed by atoms with Gasteiger partial charge in [0.25, 0.3) is 0 Å². The fourth-order valence-electron chi connectivity index (χ4n) is 2.32. The van der Waals surface area contributed by atoms with Crippen LogP contribution in [-0.2, 0) is 6.42 Å². The molecular formula is C18H28IN5S. The standard InChI is InChI=1S/C18H27N5S.HI/c1-14(23(4)16-8-6-5-7-9-16)12-22-18(19-3)20-11-10-17-21-13-15(2)24-17;/h5-9,13-14H,10-12H2,1-4H3,(H2,19,20,22);1H. The molecule has 138 valence electrons. The second-order valence-corrected chi connectivity index (χ2v) is 7.11. The van der Waals surface area contributed by atoms with Gasteiger partial charge in [0.15, 0.2) is 5.96 Å². The number of aryl methyl sites for hydroxylation is 1. The highest BCUT2D eigenvalue weighted by molar-refractivity contribution is 14.0. The largest absolute Gasteiger partial charge is 0.370 e. The fraction of sp³-hybridized carbons (Fsp3) is 0.444. The highest BCUT2D eigenvalue weighted by Gasteiger charge is 2.10. The average Bonchev–Trinajstić information content (AvgIpc) is 3.03. The van der Waals surface area contributed by atoms with Gasteiger partial charge in [-0.05, 0) is 26.0 Å². The third-order valence-electron chi connectivity index (χ3n) is 3.91. The quantitative estimate of drug-likeness (QED) is 0.368. The van der Waals surface area contributed by atoms with Crippen molar-refractivity contribution in [1.82, 2.24) is 15.6 Å². The van der Waals surface area contributed by atoms with E-state index in [1.54, 1.807) is 18.4 Å². The lowest BCUT2D eigenvalue weighted by Crippen LogP contribution is -2.45. The molecule has 0 radical (unpaired) electrons. The molecule has 1 unspecified atom stereocenters. The summed E-state index contributed by atoms with van der Waals surface area (Å²) in [5.41, 5.74) is 1.22. The number of para-hydroxylation sites is 1. The van der Waals surface area contributed by atoms with E-state index in [2.05, 4.69) is 70.7 Å². The third kappa shape index (κ3) is 7.19. The smallest absolute Gasteiger partial charge is 0.191 e. The number of hydrogen-bond acceptors (Lipinski definition) is 4. The molecule has 0 bridgehead atoms. The van der Waals surface area contributed by atoms with Gasteiger partial charge < -0.3 is 15.5 Å². The number of guanidine groups is 1. The molecule has 0 aliphatic carbocycles. The fourth-order valence-corrected chi connectivity index (χ4v) is 3.11. The average molecular weight is 473 g/mol. The minimum absolute atomic E-state index is 0. The molecule has 1 aromatic heterocycles. The zero-order valence-corrected chi connectivity index (χ0v) is 18.5. The van der Waals surface area contributed by atoms with Crippen LogP contribution >= 0.6 is 35.3 Å². The molecule has 1 heterocycles. The molecule has 0 spiro atoms. The maximum atomic E-state index is 4.38. The van der Waals surface area contributed by atoms with Crippen molar-refractivity contribution in [3.63, 3.8) is 0 Å². The van der Waals surface area contributed by atoms with Crippen molar-refractivity contribution >= 4 is 47.0 Å². The van der Waals surface area contributed by atoms with E-state index in [1.165, 1.54) is 10.6 Å². The van der Waals surface area contributed by atoms with Crippen molar-refractivity contribution in [3.8, 4) is 0 Å².